The van der Waals surface area contributed by atoms with E-state index >= 15 is 0 Å². The predicted molar refractivity (Wildman–Crippen MR) is 83.7 cm³/mol. The van der Waals surface area contributed by atoms with E-state index in [1.54, 1.807) is 12.1 Å². The zero-order chi connectivity index (χ0) is 17.6. The smallest absolute Gasteiger partial charge is 0.335 e. The van der Waals surface area contributed by atoms with Gasteiger partial charge in [0.25, 0.3) is 0 Å². The summed E-state index contributed by atoms with van der Waals surface area (Å²) in [4.78, 5) is 34.2. The predicted octanol–water partition coefficient (Wildman–Crippen LogP) is 0.304. The Balaban J connectivity index is 2.73. The molecule has 0 aliphatic heterocycles. The van der Waals surface area contributed by atoms with E-state index in [0.29, 0.717) is 5.56 Å². The minimum Gasteiger partial charge on any atom is -0.478 e. The zero-order valence-electron chi connectivity index (χ0n) is 13.2. The van der Waals surface area contributed by atoms with Crippen LogP contribution in [0, 0.1) is 5.92 Å². The number of carbonyl (C=O) groups excluding carboxylic acids is 2. The number of nitrogens with one attached hydrogen (secondary N) is 1. The highest BCUT2D eigenvalue weighted by Crippen LogP contribution is 2.09. The van der Waals surface area contributed by atoms with Gasteiger partial charge >= 0.3 is 5.97 Å². The SMILES string of the molecule is CC(C)C[C@H](O)C(=O)N[C@@H](Cc1ccc(C(=O)O)cc1)C(N)=O. The maximum absolute atomic E-state index is 11.9. The van der Waals surface area contributed by atoms with Gasteiger partial charge in [0.05, 0.1) is 5.56 Å². The number of carbonyl (C=O) groups is 3. The molecule has 0 spiro atoms. The molecule has 23 heavy (non-hydrogen) atoms. The number of hydrogen-bond donors (Lipinski definition) is 4. The molecular formula is C16H22N2O5. The molecule has 7 nitrogen and oxygen atoms in total. The van der Waals surface area contributed by atoms with Gasteiger partial charge in [-0.15, -0.1) is 0 Å². The van der Waals surface area contributed by atoms with Crippen LogP contribution in [0.3, 0.4) is 0 Å². The van der Waals surface area contributed by atoms with Crippen LogP contribution in [0.25, 0.3) is 0 Å². The second-order valence-corrected chi connectivity index (χ2v) is 5.82. The lowest BCUT2D eigenvalue weighted by Gasteiger charge is -2.19. The van der Waals surface area contributed by atoms with E-state index < -0.39 is 29.9 Å². The molecule has 0 unspecified atom stereocenters. The van der Waals surface area contributed by atoms with Crippen molar-refractivity contribution < 1.29 is 24.6 Å². The van der Waals surface area contributed by atoms with Gasteiger partial charge < -0.3 is 21.3 Å². The topological polar surface area (TPSA) is 130 Å². The van der Waals surface area contributed by atoms with Crippen LogP contribution < -0.4 is 11.1 Å². The van der Waals surface area contributed by atoms with Crippen molar-refractivity contribution in [1.82, 2.24) is 5.32 Å². The fourth-order valence-electron chi connectivity index (χ4n) is 2.06. The molecular weight excluding hydrogens is 300 g/mol. The Bertz CT molecular complexity index is 568. The van der Waals surface area contributed by atoms with Crippen LogP contribution in [0.5, 0.6) is 0 Å². The summed E-state index contributed by atoms with van der Waals surface area (Å²) in [7, 11) is 0. The molecule has 5 N–H and O–H groups in total. The van der Waals surface area contributed by atoms with Crippen molar-refractivity contribution in [2.24, 2.45) is 11.7 Å². The van der Waals surface area contributed by atoms with Crippen molar-refractivity contribution in [1.29, 1.82) is 0 Å². The summed E-state index contributed by atoms with van der Waals surface area (Å²) in [6.45, 7) is 3.73. The summed E-state index contributed by atoms with van der Waals surface area (Å²) < 4.78 is 0. The van der Waals surface area contributed by atoms with Crippen molar-refractivity contribution >= 4 is 17.8 Å². The Morgan fingerprint density at radius 1 is 1.17 bits per heavy atom. The van der Waals surface area contributed by atoms with E-state index in [1.165, 1.54) is 12.1 Å². The molecule has 0 fully saturated rings. The summed E-state index contributed by atoms with van der Waals surface area (Å²) >= 11 is 0. The third kappa shape index (κ3) is 6.07. The van der Waals surface area contributed by atoms with Gasteiger partial charge in [0.15, 0.2) is 0 Å². The zero-order valence-corrected chi connectivity index (χ0v) is 13.2. The summed E-state index contributed by atoms with van der Waals surface area (Å²) in [5.74, 6) is -2.29. The first-order valence-corrected chi connectivity index (χ1v) is 7.30. The van der Waals surface area contributed by atoms with E-state index in [1.807, 2.05) is 13.8 Å². The molecule has 0 saturated carbocycles. The van der Waals surface area contributed by atoms with Crippen LogP contribution in [0.1, 0.15) is 36.2 Å². The van der Waals surface area contributed by atoms with Crippen molar-refractivity contribution in [3.63, 3.8) is 0 Å². The lowest BCUT2D eigenvalue weighted by atomic mass is 10.0. The molecule has 2 atom stereocenters. The highest BCUT2D eigenvalue weighted by molar-refractivity contribution is 5.89. The molecule has 1 aromatic carbocycles. The van der Waals surface area contributed by atoms with Crippen LogP contribution >= 0.6 is 0 Å². The Labute approximate surface area is 134 Å². The minimum absolute atomic E-state index is 0.120. The van der Waals surface area contributed by atoms with E-state index in [-0.39, 0.29) is 24.3 Å². The minimum atomic E-state index is -1.20. The number of nitrogens with two attached hydrogens (primary N) is 1. The molecule has 0 aromatic heterocycles. The maximum Gasteiger partial charge on any atom is 0.335 e. The van der Waals surface area contributed by atoms with Gasteiger partial charge in [0, 0.05) is 6.42 Å². The van der Waals surface area contributed by atoms with Crippen molar-refractivity contribution in [3.05, 3.63) is 35.4 Å². The molecule has 0 aliphatic carbocycles. The van der Waals surface area contributed by atoms with Crippen molar-refractivity contribution in [2.45, 2.75) is 38.8 Å². The molecule has 126 valence electrons. The molecule has 2 amide bonds. The van der Waals surface area contributed by atoms with E-state index in [9.17, 15) is 19.5 Å². The molecule has 0 heterocycles. The summed E-state index contributed by atoms with van der Waals surface area (Å²) in [6, 6.07) is 4.95. The normalized spacial score (nSPS) is 13.4. The van der Waals surface area contributed by atoms with Gasteiger partial charge in [-0.25, -0.2) is 4.79 Å². The third-order valence-corrected chi connectivity index (χ3v) is 3.30. The molecule has 0 radical (unpaired) electrons. The standard InChI is InChI=1S/C16H22N2O5/c1-9(2)7-13(19)15(21)18-12(14(17)20)8-10-3-5-11(6-4-10)16(22)23/h3-6,9,12-13,19H,7-8H2,1-2H3,(H2,17,20)(H,18,21)(H,22,23)/t12-,13-/m0/s1. The maximum atomic E-state index is 11.9. The Hall–Kier alpha value is -2.41. The van der Waals surface area contributed by atoms with Crippen LogP contribution in [-0.2, 0) is 16.0 Å². The van der Waals surface area contributed by atoms with Gasteiger partial charge in [-0.3, -0.25) is 9.59 Å². The van der Waals surface area contributed by atoms with Gasteiger partial charge in [-0.2, -0.15) is 0 Å². The van der Waals surface area contributed by atoms with Crippen molar-refractivity contribution in [3.8, 4) is 0 Å². The first-order chi connectivity index (χ1) is 10.7. The number of amides is 2. The molecule has 1 rings (SSSR count). The number of primary amides is 1. The van der Waals surface area contributed by atoms with Crippen LogP contribution in [-0.4, -0.2) is 40.1 Å². The number of carboxylic acids is 1. The largest absolute Gasteiger partial charge is 0.478 e. The number of rotatable bonds is 8. The van der Waals surface area contributed by atoms with E-state index in [2.05, 4.69) is 5.32 Å². The number of aliphatic hydroxyl groups excluding tert-OH is 1. The lowest BCUT2D eigenvalue weighted by Crippen LogP contribution is -2.49. The average Bonchev–Trinajstić information content (AvgIpc) is 2.46. The number of aromatic carboxylic acids is 1. The fourth-order valence-corrected chi connectivity index (χ4v) is 2.06. The second kappa shape index (κ2) is 8.28. The Morgan fingerprint density at radius 3 is 2.17 bits per heavy atom. The summed E-state index contributed by atoms with van der Waals surface area (Å²) in [6.07, 6.45) is -0.800. The van der Waals surface area contributed by atoms with Gasteiger partial charge in [-0.05, 0) is 30.0 Å². The number of carboxylic acid groups (broad SMARTS) is 1. The quantitative estimate of drug-likeness (QED) is 0.547. The Morgan fingerprint density at radius 2 is 1.74 bits per heavy atom. The monoisotopic (exact) mass is 322 g/mol. The number of hydrogen-bond acceptors (Lipinski definition) is 4. The highest BCUT2D eigenvalue weighted by Gasteiger charge is 2.23. The highest BCUT2D eigenvalue weighted by atomic mass is 16.4. The third-order valence-electron chi connectivity index (χ3n) is 3.30. The molecule has 1 aromatic rings. The van der Waals surface area contributed by atoms with Crippen LogP contribution in [0.15, 0.2) is 24.3 Å². The summed E-state index contributed by atoms with van der Waals surface area (Å²) in [5, 5.41) is 21.0. The first-order valence-electron chi connectivity index (χ1n) is 7.30. The van der Waals surface area contributed by atoms with Crippen LogP contribution in [0.2, 0.25) is 0 Å². The number of aliphatic hydroxyl groups is 1. The van der Waals surface area contributed by atoms with Crippen molar-refractivity contribution in [2.75, 3.05) is 0 Å². The lowest BCUT2D eigenvalue weighted by molar-refractivity contribution is -0.133. The molecule has 0 aliphatic rings. The Kier molecular flexibility index (Phi) is 6.71. The first kappa shape index (κ1) is 18.6. The van der Waals surface area contributed by atoms with E-state index in [4.69, 9.17) is 10.8 Å². The molecule has 7 heteroatoms. The van der Waals surface area contributed by atoms with Gasteiger partial charge in [0.2, 0.25) is 11.8 Å². The average molecular weight is 322 g/mol. The van der Waals surface area contributed by atoms with E-state index in [0.717, 1.165) is 0 Å². The molecule has 0 saturated heterocycles. The molecule has 0 bridgehead atoms. The summed E-state index contributed by atoms with van der Waals surface area (Å²) in [5.41, 5.74) is 6.06. The van der Waals surface area contributed by atoms with Gasteiger partial charge in [0.1, 0.15) is 12.1 Å². The number of benzene rings is 1. The second-order valence-electron chi connectivity index (χ2n) is 5.82. The fraction of sp³-hybridized carbons (Fsp3) is 0.438. The van der Waals surface area contributed by atoms with Crippen LogP contribution in [0.4, 0.5) is 0 Å². The van der Waals surface area contributed by atoms with Gasteiger partial charge in [-0.1, -0.05) is 26.0 Å².